The fraction of sp³-hybridized carbons (Fsp3) is 0.417. The Bertz CT molecular complexity index is 882. The van der Waals surface area contributed by atoms with Crippen LogP contribution in [0.4, 0.5) is 0 Å². The van der Waals surface area contributed by atoms with Crippen LogP contribution in [0.2, 0.25) is 5.02 Å². The summed E-state index contributed by atoms with van der Waals surface area (Å²) in [4.78, 5) is 27.4. The number of methoxy groups -OCH3 is 2. The van der Waals surface area contributed by atoms with Gasteiger partial charge in [0.2, 0.25) is 5.91 Å². The first kappa shape index (κ1) is 25.3. The molecule has 1 N–H and O–H groups in total. The van der Waals surface area contributed by atoms with E-state index >= 15 is 0 Å². The smallest absolute Gasteiger partial charge is 0.261 e. The van der Waals surface area contributed by atoms with Gasteiger partial charge in [-0.25, -0.2) is 0 Å². The third kappa shape index (κ3) is 7.34. The predicted octanol–water partition coefficient (Wildman–Crippen LogP) is 4.07. The van der Waals surface area contributed by atoms with Crippen LogP contribution in [-0.2, 0) is 16.1 Å². The van der Waals surface area contributed by atoms with Gasteiger partial charge in [0.05, 0.1) is 14.2 Å². The lowest BCUT2D eigenvalue weighted by Crippen LogP contribution is -2.50. The van der Waals surface area contributed by atoms with Crippen LogP contribution in [0.15, 0.2) is 42.5 Å². The monoisotopic (exact) mass is 462 g/mol. The molecule has 0 aliphatic heterocycles. The lowest BCUT2D eigenvalue weighted by Gasteiger charge is -2.29. The summed E-state index contributed by atoms with van der Waals surface area (Å²) in [5, 5.41) is 3.54. The molecule has 0 bridgehead atoms. The van der Waals surface area contributed by atoms with Crippen molar-refractivity contribution < 1.29 is 23.8 Å². The highest BCUT2D eigenvalue weighted by Crippen LogP contribution is 2.27. The van der Waals surface area contributed by atoms with Gasteiger partial charge in [0.1, 0.15) is 23.3 Å². The summed E-state index contributed by atoms with van der Waals surface area (Å²) in [5.41, 5.74) is 0.856. The summed E-state index contributed by atoms with van der Waals surface area (Å²) < 4.78 is 16.2. The quantitative estimate of drug-likeness (QED) is 0.544. The number of hydrogen-bond donors (Lipinski definition) is 1. The number of carbonyl (C=O) groups is 2. The fourth-order valence-corrected chi connectivity index (χ4v) is 3.05. The molecule has 7 nitrogen and oxygen atoms in total. The topological polar surface area (TPSA) is 77.1 Å². The van der Waals surface area contributed by atoms with E-state index in [9.17, 15) is 9.59 Å². The van der Waals surface area contributed by atoms with Gasteiger partial charge in [0.15, 0.2) is 6.61 Å². The molecule has 2 atom stereocenters. The Morgan fingerprint density at radius 1 is 1.00 bits per heavy atom. The van der Waals surface area contributed by atoms with E-state index in [4.69, 9.17) is 25.8 Å². The average Bonchev–Trinajstić information content (AvgIpc) is 2.81. The molecule has 2 aromatic rings. The highest BCUT2D eigenvalue weighted by atomic mass is 35.5. The van der Waals surface area contributed by atoms with E-state index in [1.165, 1.54) is 19.1 Å². The van der Waals surface area contributed by atoms with Gasteiger partial charge in [0.25, 0.3) is 5.91 Å². The zero-order valence-corrected chi connectivity index (χ0v) is 19.9. The molecule has 0 aliphatic carbocycles. The molecular weight excluding hydrogens is 432 g/mol. The number of benzene rings is 2. The van der Waals surface area contributed by atoms with Crippen LogP contribution in [0, 0.1) is 0 Å². The Balaban J connectivity index is 2.18. The lowest BCUT2D eigenvalue weighted by molar-refractivity contribution is -0.142. The van der Waals surface area contributed by atoms with E-state index in [-0.39, 0.29) is 31.0 Å². The van der Waals surface area contributed by atoms with Crippen molar-refractivity contribution in [3.05, 3.63) is 53.1 Å². The minimum atomic E-state index is -0.685. The van der Waals surface area contributed by atoms with Gasteiger partial charge < -0.3 is 24.4 Å². The number of rotatable bonds is 11. The standard InChI is InChI=1S/C24H31ClN2O5/c1-6-16(2)26-24(29)17(3)27(14-18-7-9-19(25)10-8-18)23(28)15-32-22-12-20(30-4)11-21(13-22)31-5/h7-13,16-17H,6,14-15H2,1-5H3,(H,26,29)/t16-,17+/m0/s1. The van der Waals surface area contributed by atoms with Crippen molar-refractivity contribution in [2.24, 2.45) is 0 Å². The second-order valence-corrected chi connectivity index (χ2v) is 7.92. The molecule has 2 aromatic carbocycles. The Morgan fingerprint density at radius 2 is 1.56 bits per heavy atom. The average molecular weight is 463 g/mol. The number of amides is 2. The number of ether oxygens (including phenoxy) is 3. The molecule has 8 heteroatoms. The van der Waals surface area contributed by atoms with E-state index in [2.05, 4.69) is 5.32 Å². The SMILES string of the molecule is CC[C@H](C)NC(=O)[C@@H](C)N(Cc1ccc(Cl)cc1)C(=O)COc1cc(OC)cc(OC)c1. The van der Waals surface area contributed by atoms with Crippen LogP contribution >= 0.6 is 11.6 Å². The van der Waals surface area contributed by atoms with Gasteiger partial charge in [-0.1, -0.05) is 30.7 Å². The molecule has 0 unspecified atom stereocenters. The molecule has 0 spiro atoms. The molecule has 0 aliphatic rings. The molecule has 0 saturated carbocycles. The van der Waals surface area contributed by atoms with E-state index in [1.54, 1.807) is 37.3 Å². The van der Waals surface area contributed by atoms with Gasteiger partial charge >= 0.3 is 0 Å². The second-order valence-electron chi connectivity index (χ2n) is 7.48. The van der Waals surface area contributed by atoms with Crippen LogP contribution in [0.25, 0.3) is 0 Å². The first-order chi connectivity index (χ1) is 15.3. The summed E-state index contributed by atoms with van der Waals surface area (Å²) in [6.07, 6.45) is 0.796. The van der Waals surface area contributed by atoms with Crippen molar-refractivity contribution in [2.45, 2.75) is 45.8 Å². The molecular formula is C24H31ClN2O5. The molecule has 0 fully saturated rings. The van der Waals surface area contributed by atoms with E-state index < -0.39 is 6.04 Å². The van der Waals surface area contributed by atoms with Crippen LogP contribution in [0.1, 0.15) is 32.8 Å². The third-order valence-corrected chi connectivity index (χ3v) is 5.37. The molecule has 0 aromatic heterocycles. The van der Waals surface area contributed by atoms with E-state index in [0.717, 1.165) is 12.0 Å². The minimum absolute atomic E-state index is 0.0120. The number of hydrogen-bond acceptors (Lipinski definition) is 5. The largest absolute Gasteiger partial charge is 0.496 e. The summed E-state index contributed by atoms with van der Waals surface area (Å²) >= 11 is 5.98. The van der Waals surface area contributed by atoms with Crippen LogP contribution < -0.4 is 19.5 Å². The zero-order valence-electron chi connectivity index (χ0n) is 19.2. The second kappa shape index (κ2) is 12.2. The maximum atomic E-state index is 13.1. The van der Waals surface area contributed by atoms with Crippen molar-refractivity contribution >= 4 is 23.4 Å². The van der Waals surface area contributed by atoms with Gasteiger partial charge in [-0.15, -0.1) is 0 Å². The molecule has 0 radical (unpaired) electrons. The summed E-state index contributed by atoms with van der Waals surface area (Å²) in [6.45, 7) is 5.62. The van der Waals surface area contributed by atoms with Crippen molar-refractivity contribution in [1.29, 1.82) is 0 Å². The van der Waals surface area contributed by atoms with Crippen LogP contribution in [-0.4, -0.2) is 49.6 Å². The summed E-state index contributed by atoms with van der Waals surface area (Å²) in [6, 6.07) is 11.5. The van der Waals surface area contributed by atoms with Gasteiger partial charge in [-0.2, -0.15) is 0 Å². The summed E-state index contributed by atoms with van der Waals surface area (Å²) in [7, 11) is 3.07. The van der Waals surface area contributed by atoms with Gasteiger partial charge in [-0.3, -0.25) is 9.59 Å². The molecule has 0 saturated heterocycles. The number of nitrogens with one attached hydrogen (secondary N) is 1. The zero-order chi connectivity index (χ0) is 23.7. The minimum Gasteiger partial charge on any atom is -0.496 e. The molecule has 174 valence electrons. The Kier molecular flexibility index (Phi) is 9.65. The highest BCUT2D eigenvalue weighted by Gasteiger charge is 2.27. The van der Waals surface area contributed by atoms with E-state index in [1.807, 2.05) is 26.0 Å². The molecule has 0 heterocycles. The molecule has 32 heavy (non-hydrogen) atoms. The normalized spacial score (nSPS) is 12.4. The fourth-order valence-electron chi connectivity index (χ4n) is 2.93. The number of carbonyl (C=O) groups excluding carboxylic acids is 2. The Labute approximate surface area is 194 Å². The van der Waals surface area contributed by atoms with Crippen molar-refractivity contribution in [1.82, 2.24) is 10.2 Å². The van der Waals surface area contributed by atoms with Crippen LogP contribution in [0.5, 0.6) is 17.2 Å². The molecule has 2 rings (SSSR count). The van der Waals surface area contributed by atoms with Crippen molar-refractivity contribution in [2.75, 3.05) is 20.8 Å². The van der Waals surface area contributed by atoms with E-state index in [0.29, 0.717) is 22.3 Å². The first-order valence-corrected chi connectivity index (χ1v) is 10.8. The summed E-state index contributed by atoms with van der Waals surface area (Å²) in [5.74, 6) is 0.980. The Hall–Kier alpha value is -2.93. The maximum absolute atomic E-state index is 13.1. The Morgan fingerprint density at radius 3 is 2.09 bits per heavy atom. The number of halogens is 1. The van der Waals surface area contributed by atoms with Crippen LogP contribution in [0.3, 0.4) is 0 Å². The molecule has 2 amide bonds. The first-order valence-electron chi connectivity index (χ1n) is 10.5. The maximum Gasteiger partial charge on any atom is 0.261 e. The van der Waals surface area contributed by atoms with Gasteiger partial charge in [-0.05, 0) is 38.0 Å². The van der Waals surface area contributed by atoms with Crippen molar-refractivity contribution in [3.63, 3.8) is 0 Å². The third-order valence-electron chi connectivity index (χ3n) is 5.12. The lowest BCUT2D eigenvalue weighted by atomic mass is 10.1. The highest BCUT2D eigenvalue weighted by molar-refractivity contribution is 6.30. The van der Waals surface area contributed by atoms with Crippen molar-refractivity contribution in [3.8, 4) is 17.2 Å². The number of nitrogens with zero attached hydrogens (tertiary/aromatic N) is 1. The predicted molar refractivity (Wildman–Crippen MR) is 124 cm³/mol. The van der Waals surface area contributed by atoms with Gasteiger partial charge in [0, 0.05) is 35.8 Å².